The first-order chi connectivity index (χ1) is 15.7. The molecular formula is C26H32N4OS. The van der Waals surface area contributed by atoms with Crippen molar-refractivity contribution in [3.63, 3.8) is 0 Å². The Labute approximate surface area is 195 Å². The van der Waals surface area contributed by atoms with E-state index in [0.717, 1.165) is 55.3 Å². The van der Waals surface area contributed by atoms with E-state index < -0.39 is 0 Å². The molecule has 0 saturated carbocycles. The number of carbonyl (C=O) groups excluding carboxylic acids is 1. The Bertz CT molecular complexity index is 1020. The summed E-state index contributed by atoms with van der Waals surface area (Å²) < 4.78 is 2.12. The quantitative estimate of drug-likeness (QED) is 0.450. The summed E-state index contributed by atoms with van der Waals surface area (Å²) in [5, 5.41) is 9.80. The Morgan fingerprint density at radius 2 is 1.78 bits per heavy atom. The third-order valence-electron chi connectivity index (χ3n) is 6.23. The van der Waals surface area contributed by atoms with Crippen LogP contribution in [0.3, 0.4) is 0 Å². The summed E-state index contributed by atoms with van der Waals surface area (Å²) in [6.45, 7) is 5.18. The lowest BCUT2D eigenvalue weighted by atomic mass is 10.0. The number of thioether (sulfide) groups is 1. The summed E-state index contributed by atoms with van der Waals surface area (Å²) in [4.78, 5) is 14.9. The molecule has 1 fully saturated rings. The van der Waals surface area contributed by atoms with E-state index in [9.17, 15) is 4.79 Å². The summed E-state index contributed by atoms with van der Waals surface area (Å²) in [5.74, 6) is 1.53. The number of nitrogens with zero attached hydrogens (tertiary/aromatic N) is 4. The van der Waals surface area contributed by atoms with Gasteiger partial charge >= 0.3 is 0 Å². The fourth-order valence-electron chi connectivity index (χ4n) is 4.27. The highest BCUT2D eigenvalue weighted by atomic mass is 32.2. The number of rotatable bonds is 8. The third-order valence-corrected chi connectivity index (χ3v) is 7.15. The Kier molecular flexibility index (Phi) is 7.63. The van der Waals surface area contributed by atoms with Crippen LogP contribution in [0.1, 0.15) is 50.1 Å². The number of benzene rings is 2. The molecule has 0 aliphatic carbocycles. The molecule has 1 amide bonds. The first kappa shape index (κ1) is 22.6. The van der Waals surface area contributed by atoms with E-state index in [1.54, 1.807) is 0 Å². The van der Waals surface area contributed by atoms with Gasteiger partial charge in [0.05, 0.1) is 5.75 Å². The first-order valence-corrected chi connectivity index (χ1v) is 12.6. The monoisotopic (exact) mass is 448 g/mol. The molecule has 0 spiro atoms. The van der Waals surface area contributed by atoms with Gasteiger partial charge in [-0.3, -0.25) is 9.36 Å². The molecule has 0 radical (unpaired) electrons. The molecule has 1 saturated heterocycles. The van der Waals surface area contributed by atoms with Crippen LogP contribution < -0.4 is 0 Å². The van der Waals surface area contributed by atoms with Crippen LogP contribution in [-0.2, 0) is 24.1 Å². The van der Waals surface area contributed by atoms with Crippen molar-refractivity contribution in [1.82, 2.24) is 19.7 Å². The summed E-state index contributed by atoms with van der Waals surface area (Å²) >= 11 is 1.50. The number of aryl methyl sites for hydroxylation is 3. The Morgan fingerprint density at radius 1 is 1.00 bits per heavy atom. The van der Waals surface area contributed by atoms with Crippen molar-refractivity contribution in [2.45, 2.75) is 63.6 Å². The molecule has 168 valence electrons. The highest BCUT2D eigenvalue weighted by molar-refractivity contribution is 7.99. The predicted octanol–water partition coefficient (Wildman–Crippen LogP) is 5.11. The van der Waals surface area contributed by atoms with Gasteiger partial charge in [-0.25, -0.2) is 0 Å². The van der Waals surface area contributed by atoms with Crippen LogP contribution in [0.4, 0.5) is 0 Å². The van der Waals surface area contributed by atoms with Gasteiger partial charge in [0.1, 0.15) is 5.82 Å². The topological polar surface area (TPSA) is 51.0 Å². The molecule has 1 aromatic heterocycles. The molecular weight excluding hydrogens is 416 g/mol. The van der Waals surface area contributed by atoms with E-state index in [1.165, 1.54) is 29.3 Å². The number of aromatic nitrogens is 3. The van der Waals surface area contributed by atoms with Crippen LogP contribution >= 0.6 is 11.8 Å². The Hall–Kier alpha value is -2.60. The number of hydrogen-bond donors (Lipinski definition) is 0. The van der Waals surface area contributed by atoms with Crippen molar-refractivity contribution >= 4 is 17.7 Å². The molecule has 6 heteroatoms. The van der Waals surface area contributed by atoms with Crippen LogP contribution in [0.15, 0.2) is 59.8 Å². The minimum atomic E-state index is 0.198. The Morgan fingerprint density at radius 3 is 2.50 bits per heavy atom. The number of amides is 1. The first-order valence-electron chi connectivity index (χ1n) is 11.7. The van der Waals surface area contributed by atoms with Gasteiger partial charge in [0, 0.05) is 24.7 Å². The maximum atomic E-state index is 12.9. The standard InChI is InChI=1S/C26H32N4OS/c1-3-21-12-15-23(16-13-21)30-24(17-14-22-10-5-4-6-11-22)27-28-26(30)32-19-25(31)29-18-8-7-9-20(29)2/h4-6,10-13,15-16,20H,3,7-9,14,17-19H2,1-2H3/t20-/m0/s1. The van der Waals surface area contributed by atoms with E-state index in [2.05, 4.69) is 77.1 Å². The predicted molar refractivity (Wildman–Crippen MR) is 130 cm³/mol. The molecule has 0 unspecified atom stereocenters. The lowest BCUT2D eigenvalue weighted by molar-refractivity contribution is -0.131. The molecule has 32 heavy (non-hydrogen) atoms. The second kappa shape index (κ2) is 10.8. The third kappa shape index (κ3) is 5.41. The maximum absolute atomic E-state index is 12.9. The smallest absolute Gasteiger partial charge is 0.233 e. The average Bonchev–Trinajstić information content (AvgIpc) is 3.25. The second-order valence-electron chi connectivity index (χ2n) is 8.46. The van der Waals surface area contributed by atoms with E-state index in [0.29, 0.717) is 11.8 Å². The van der Waals surface area contributed by atoms with Crippen molar-refractivity contribution in [3.8, 4) is 5.69 Å². The molecule has 3 aromatic rings. The number of hydrogen-bond acceptors (Lipinski definition) is 4. The van der Waals surface area contributed by atoms with Gasteiger partial charge in [-0.05, 0) is 62.3 Å². The average molecular weight is 449 g/mol. The van der Waals surface area contributed by atoms with Crippen LogP contribution in [0, 0.1) is 0 Å². The number of carbonyl (C=O) groups is 1. The zero-order chi connectivity index (χ0) is 22.3. The van der Waals surface area contributed by atoms with Gasteiger partial charge in [0.15, 0.2) is 5.16 Å². The van der Waals surface area contributed by atoms with E-state index in [1.807, 2.05) is 11.0 Å². The van der Waals surface area contributed by atoms with Crippen LogP contribution in [-0.4, -0.2) is 43.9 Å². The van der Waals surface area contributed by atoms with Gasteiger partial charge in [-0.2, -0.15) is 0 Å². The number of likely N-dealkylation sites (tertiary alicyclic amines) is 1. The fourth-order valence-corrected chi connectivity index (χ4v) is 5.13. The van der Waals surface area contributed by atoms with Crippen LogP contribution in [0.25, 0.3) is 5.69 Å². The molecule has 0 N–H and O–H groups in total. The van der Waals surface area contributed by atoms with Crippen molar-refractivity contribution < 1.29 is 4.79 Å². The molecule has 5 nitrogen and oxygen atoms in total. The molecule has 1 atom stereocenters. The highest BCUT2D eigenvalue weighted by Gasteiger charge is 2.24. The lowest BCUT2D eigenvalue weighted by Crippen LogP contribution is -2.42. The molecule has 2 aromatic carbocycles. The minimum Gasteiger partial charge on any atom is -0.339 e. The Balaban J connectivity index is 1.53. The summed E-state index contributed by atoms with van der Waals surface area (Å²) in [6, 6.07) is 19.4. The van der Waals surface area contributed by atoms with Gasteiger partial charge in [0.25, 0.3) is 0 Å². The summed E-state index contributed by atoms with van der Waals surface area (Å²) in [6.07, 6.45) is 6.12. The van der Waals surface area contributed by atoms with Crippen LogP contribution in [0.5, 0.6) is 0 Å². The van der Waals surface area contributed by atoms with Crippen molar-refractivity contribution in [1.29, 1.82) is 0 Å². The summed E-state index contributed by atoms with van der Waals surface area (Å²) in [7, 11) is 0. The molecule has 1 aliphatic rings. The maximum Gasteiger partial charge on any atom is 0.233 e. The second-order valence-corrected chi connectivity index (χ2v) is 9.40. The molecule has 1 aliphatic heterocycles. The molecule has 0 bridgehead atoms. The van der Waals surface area contributed by atoms with Gasteiger partial charge in [-0.1, -0.05) is 61.2 Å². The van der Waals surface area contributed by atoms with Crippen molar-refractivity contribution in [3.05, 3.63) is 71.5 Å². The zero-order valence-corrected chi connectivity index (χ0v) is 19.9. The van der Waals surface area contributed by atoms with Gasteiger partial charge in [-0.15, -0.1) is 10.2 Å². The minimum absolute atomic E-state index is 0.198. The van der Waals surface area contributed by atoms with Gasteiger partial charge < -0.3 is 4.90 Å². The lowest BCUT2D eigenvalue weighted by Gasteiger charge is -2.33. The van der Waals surface area contributed by atoms with E-state index in [4.69, 9.17) is 0 Å². The normalized spacial score (nSPS) is 16.3. The molecule has 2 heterocycles. The SMILES string of the molecule is CCc1ccc(-n2c(CCc3ccccc3)nnc2SCC(=O)N2CCCC[C@@H]2C)cc1. The van der Waals surface area contributed by atoms with Crippen molar-refractivity contribution in [2.24, 2.45) is 0 Å². The fraction of sp³-hybridized carbons (Fsp3) is 0.423. The highest BCUT2D eigenvalue weighted by Crippen LogP contribution is 2.25. The largest absolute Gasteiger partial charge is 0.339 e. The molecule has 4 rings (SSSR count). The van der Waals surface area contributed by atoms with Crippen molar-refractivity contribution in [2.75, 3.05) is 12.3 Å². The number of piperidine rings is 1. The summed E-state index contributed by atoms with van der Waals surface area (Å²) in [5.41, 5.74) is 3.64. The van der Waals surface area contributed by atoms with E-state index >= 15 is 0 Å². The van der Waals surface area contributed by atoms with Gasteiger partial charge in [0.2, 0.25) is 5.91 Å². The van der Waals surface area contributed by atoms with E-state index in [-0.39, 0.29) is 5.91 Å². The van der Waals surface area contributed by atoms with Crippen LogP contribution in [0.2, 0.25) is 0 Å². The zero-order valence-electron chi connectivity index (χ0n) is 19.0.